The second kappa shape index (κ2) is 4.54. The Morgan fingerprint density at radius 2 is 2.00 bits per heavy atom. The van der Waals surface area contributed by atoms with Gasteiger partial charge in [-0.25, -0.2) is 4.79 Å². The van der Waals surface area contributed by atoms with E-state index >= 15 is 0 Å². The van der Waals surface area contributed by atoms with Crippen LogP contribution in [0.5, 0.6) is 0 Å². The highest BCUT2D eigenvalue weighted by molar-refractivity contribution is 5.97. The highest BCUT2D eigenvalue weighted by atomic mass is 16.4. The van der Waals surface area contributed by atoms with Gasteiger partial charge in [0.2, 0.25) is 0 Å². The molecule has 2 heterocycles. The van der Waals surface area contributed by atoms with E-state index in [0.29, 0.717) is 18.7 Å². The molecule has 1 aliphatic heterocycles. The van der Waals surface area contributed by atoms with Gasteiger partial charge in [0.05, 0.1) is 0 Å². The van der Waals surface area contributed by atoms with E-state index in [4.69, 9.17) is 5.11 Å². The lowest BCUT2D eigenvalue weighted by Crippen LogP contribution is -2.46. The van der Waals surface area contributed by atoms with Crippen molar-refractivity contribution in [1.29, 1.82) is 0 Å². The molecule has 0 aromatic carbocycles. The summed E-state index contributed by atoms with van der Waals surface area (Å²) in [5, 5.41) is 18.2. The highest BCUT2D eigenvalue weighted by Gasteiger charge is 2.25. The quantitative estimate of drug-likeness (QED) is 0.643. The lowest BCUT2D eigenvalue weighted by molar-refractivity contribution is 0.0689. The summed E-state index contributed by atoms with van der Waals surface area (Å²) >= 11 is 0. The molecule has 1 amide bonds. The van der Waals surface area contributed by atoms with E-state index in [1.165, 1.54) is 0 Å². The van der Waals surface area contributed by atoms with Crippen LogP contribution in [-0.4, -0.2) is 58.3 Å². The Hall–Kier alpha value is -1.89. The number of nitrogens with one attached hydrogen (secondary N) is 2. The average Bonchev–Trinajstić information content (AvgIpc) is 2.71. The maximum Gasteiger partial charge on any atom is 0.354 e. The summed E-state index contributed by atoms with van der Waals surface area (Å²) in [6, 6.07) is 0. The third-order valence-corrected chi connectivity index (χ3v) is 2.83. The standard InChI is InChI=1S/C10H14N4O3/c1-6-7(12-13-8(6)10(16)17)9(15)14-4-2-11-3-5-14/h11H,2-5H2,1H3,(H,12,13)(H,16,17). The fraction of sp³-hybridized carbons (Fsp3) is 0.500. The van der Waals surface area contributed by atoms with Crippen LogP contribution in [0.1, 0.15) is 26.5 Å². The molecule has 1 aromatic rings. The molecule has 0 atom stereocenters. The van der Waals surface area contributed by atoms with Crippen LogP contribution in [0.3, 0.4) is 0 Å². The van der Waals surface area contributed by atoms with E-state index in [2.05, 4.69) is 15.5 Å². The van der Waals surface area contributed by atoms with Crippen molar-refractivity contribution in [2.24, 2.45) is 0 Å². The van der Waals surface area contributed by atoms with Crippen LogP contribution in [0.2, 0.25) is 0 Å². The number of H-pyrrole nitrogens is 1. The average molecular weight is 238 g/mol. The molecule has 0 aliphatic carbocycles. The number of piperazine rings is 1. The molecule has 1 saturated heterocycles. The van der Waals surface area contributed by atoms with Crippen molar-refractivity contribution in [3.63, 3.8) is 0 Å². The lowest BCUT2D eigenvalue weighted by Gasteiger charge is -2.26. The van der Waals surface area contributed by atoms with Gasteiger partial charge in [0, 0.05) is 31.7 Å². The molecule has 7 heteroatoms. The summed E-state index contributed by atoms with van der Waals surface area (Å²) in [6.45, 7) is 4.32. The number of carbonyl (C=O) groups is 2. The molecule has 0 radical (unpaired) electrons. The van der Waals surface area contributed by atoms with Gasteiger partial charge in [-0.3, -0.25) is 9.89 Å². The van der Waals surface area contributed by atoms with Crippen LogP contribution in [-0.2, 0) is 0 Å². The molecule has 2 rings (SSSR count). The first-order valence-corrected chi connectivity index (χ1v) is 5.39. The van der Waals surface area contributed by atoms with E-state index in [0.717, 1.165) is 13.1 Å². The SMILES string of the molecule is Cc1c(C(=O)N2CCNCC2)n[nH]c1C(=O)O. The van der Waals surface area contributed by atoms with Gasteiger partial charge in [-0.2, -0.15) is 5.10 Å². The number of rotatable bonds is 2. The van der Waals surface area contributed by atoms with Crippen molar-refractivity contribution < 1.29 is 14.7 Å². The minimum absolute atomic E-state index is 0.0246. The predicted octanol–water partition coefficient (Wildman–Crippen LogP) is -0.538. The summed E-state index contributed by atoms with van der Waals surface area (Å²) in [5.74, 6) is -1.32. The molecule has 1 aromatic heterocycles. The number of nitrogens with zero attached hydrogens (tertiary/aromatic N) is 2. The Morgan fingerprint density at radius 3 is 2.53 bits per heavy atom. The number of aromatic carboxylic acids is 1. The predicted molar refractivity (Wildman–Crippen MR) is 59.1 cm³/mol. The van der Waals surface area contributed by atoms with Crippen molar-refractivity contribution in [2.75, 3.05) is 26.2 Å². The van der Waals surface area contributed by atoms with Crippen molar-refractivity contribution >= 4 is 11.9 Å². The molecule has 0 bridgehead atoms. The van der Waals surface area contributed by atoms with E-state index in [-0.39, 0.29) is 17.3 Å². The van der Waals surface area contributed by atoms with Gasteiger partial charge in [0.25, 0.3) is 5.91 Å². The van der Waals surface area contributed by atoms with Crippen LogP contribution in [0, 0.1) is 6.92 Å². The number of hydrogen-bond acceptors (Lipinski definition) is 4. The van der Waals surface area contributed by atoms with Crippen LogP contribution < -0.4 is 5.32 Å². The Morgan fingerprint density at radius 1 is 1.35 bits per heavy atom. The largest absolute Gasteiger partial charge is 0.477 e. The summed E-state index contributed by atoms with van der Waals surface area (Å²) in [4.78, 5) is 24.6. The second-order valence-electron chi connectivity index (χ2n) is 3.92. The normalized spacial score (nSPS) is 15.9. The molecular formula is C10H14N4O3. The number of aromatic amines is 1. The van der Waals surface area contributed by atoms with Gasteiger partial charge < -0.3 is 15.3 Å². The van der Waals surface area contributed by atoms with Crippen molar-refractivity contribution in [1.82, 2.24) is 20.4 Å². The Balaban J connectivity index is 2.21. The number of carboxylic acids is 1. The van der Waals surface area contributed by atoms with E-state index in [9.17, 15) is 9.59 Å². The molecule has 1 aliphatic rings. The van der Waals surface area contributed by atoms with Gasteiger partial charge in [-0.05, 0) is 6.92 Å². The molecular weight excluding hydrogens is 224 g/mol. The fourth-order valence-electron chi connectivity index (χ4n) is 1.83. The minimum atomic E-state index is -1.10. The summed E-state index contributed by atoms with van der Waals surface area (Å²) in [7, 11) is 0. The number of aromatic nitrogens is 2. The van der Waals surface area contributed by atoms with Crippen LogP contribution >= 0.6 is 0 Å². The maximum absolute atomic E-state index is 12.1. The maximum atomic E-state index is 12.1. The van der Waals surface area contributed by atoms with Crippen LogP contribution in [0.4, 0.5) is 0 Å². The first-order valence-electron chi connectivity index (χ1n) is 5.39. The minimum Gasteiger partial charge on any atom is -0.477 e. The first-order chi connectivity index (χ1) is 8.11. The van der Waals surface area contributed by atoms with Gasteiger partial charge in [-0.15, -0.1) is 0 Å². The van der Waals surface area contributed by atoms with Crippen molar-refractivity contribution in [2.45, 2.75) is 6.92 Å². The van der Waals surface area contributed by atoms with Gasteiger partial charge in [0.15, 0.2) is 5.69 Å². The van der Waals surface area contributed by atoms with Gasteiger partial charge >= 0.3 is 5.97 Å². The van der Waals surface area contributed by atoms with Crippen molar-refractivity contribution in [3.05, 3.63) is 17.0 Å². The fourth-order valence-corrected chi connectivity index (χ4v) is 1.83. The number of amides is 1. The first kappa shape index (κ1) is 11.6. The monoisotopic (exact) mass is 238 g/mol. The zero-order valence-electron chi connectivity index (χ0n) is 9.49. The van der Waals surface area contributed by atoms with Crippen LogP contribution in [0.15, 0.2) is 0 Å². The van der Waals surface area contributed by atoms with E-state index < -0.39 is 5.97 Å². The Labute approximate surface area is 97.8 Å². The van der Waals surface area contributed by atoms with Gasteiger partial charge in [-0.1, -0.05) is 0 Å². The van der Waals surface area contributed by atoms with Crippen LogP contribution in [0.25, 0.3) is 0 Å². The van der Waals surface area contributed by atoms with Crippen molar-refractivity contribution in [3.8, 4) is 0 Å². The zero-order valence-corrected chi connectivity index (χ0v) is 9.49. The topological polar surface area (TPSA) is 98.3 Å². The van der Waals surface area contributed by atoms with Gasteiger partial charge in [0.1, 0.15) is 5.69 Å². The molecule has 0 saturated carbocycles. The number of hydrogen-bond donors (Lipinski definition) is 3. The molecule has 92 valence electrons. The molecule has 0 unspecified atom stereocenters. The molecule has 1 fully saturated rings. The molecule has 17 heavy (non-hydrogen) atoms. The highest BCUT2D eigenvalue weighted by Crippen LogP contribution is 2.12. The zero-order chi connectivity index (χ0) is 12.4. The summed E-state index contributed by atoms with van der Waals surface area (Å²) in [6.07, 6.45) is 0. The Bertz CT molecular complexity index is 448. The second-order valence-corrected chi connectivity index (χ2v) is 3.92. The third kappa shape index (κ3) is 2.14. The number of carboxylic acid groups (broad SMARTS) is 1. The molecule has 3 N–H and O–H groups in total. The lowest BCUT2D eigenvalue weighted by atomic mass is 10.2. The number of carbonyl (C=O) groups excluding carboxylic acids is 1. The Kier molecular flexibility index (Phi) is 3.10. The summed E-state index contributed by atoms with van der Waals surface area (Å²) in [5.41, 5.74) is 0.564. The molecule has 7 nitrogen and oxygen atoms in total. The third-order valence-electron chi connectivity index (χ3n) is 2.83. The van der Waals surface area contributed by atoms with E-state index in [1.807, 2.05) is 0 Å². The summed E-state index contributed by atoms with van der Waals surface area (Å²) < 4.78 is 0. The smallest absolute Gasteiger partial charge is 0.354 e. The van der Waals surface area contributed by atoms with E-state index in [1.54, 1.807) is 11.8 Å². The molecule has 0 spiro atoms.